The van der Waals surface area contributed by atoms with Crippen molar-refractivity contribution in [2.45, 2.75) is 30.8 Å². The third kappa shape index (κ3) is 4.72. The van der Waals surface area contributed by atoms with Crippen molar-refractivity contribution >= 4 is 23.4 Å². The van der Waals surface area contributed by atoms with Crippen LogP contribution in [0.5, 0.6) is 0 Å². The number of amides is 1. The van der Waals surface area contributed by atoms with Gasteiger partial charge in [-0.1, -0.05) is 19.1 Å². The minimum absolute atomic E-state index is 0.0662. The Labute approximate surface area is 142 Å². The molecule has 5 heteroatoms. The average molecular weight is 334 g/mol. The van der Waals surface area contributed by atoms with Crippen LogP contribution in [-0.4, -0.2) is 37.5 Å². The summed E-state index contributed by atoms with van der Waals surface area (Å²) in [7, 11) is 0. The Hall–Kier alpha value is -1.04. The molecule has 1 amide bonds. The van der Waals surface area contributed by atoms with Gasteiger partial charge in [-0.25, -0.2) is 0 Å². The zero-order chi connectivity index (χ0) is 16.1. The van der Waals surface area contributed by atoms with E-state index in [0.717, 1.165) is 50.6 Å². The van der Waals surface area contributed by atoms with Gasteiger partial charge in [0, 0.05) is 35.8 Å². The third-order valence-corrected chi connectivity index (χ3v) is 6.23. The van der Waals surface area contributed by atoms with Gasteiger partial charge in [-0.2, -0.15) is 11.8 Å². The van der Waals surface area contributed by atoms with Crippen LogP contribution >= 0.6 is 11.8 Å². The molecule has 2 N–H and O–H groups in total. The first kappa shape index (κ1) is 16.8. The number of benzene rings is 1. The van der Waals surface area contributed by atoms with Gasteiger partial charge in [0.1, 0.15) is 0 Å². The van der Waals surface area contributed by atoms with Gasteiger partial charge in [0.25, 0.3) is 0 Å². The second-order valence-corrected chi connectivity index (χ2v) is 7.81. The van der Waals surface area contributed by atoms with Crippen molar-refractivity contribution in [1.29, 1.82) is 0 Å². The van der Waals surface area contributed by atoms with Crippen LogP contribution in [0.4, 0.5) is 5.69 Å². The van der Waals surface area contributed by atoms with Crippen molar-refractivity contribution in [3.63, 3.8) is 0 Å². The third-order valence-electron chi connectivity index (χ3n) is 4.78. The molecule has 2 aliphatic rings. The Kier molecular flexibility index (Phi) is 5.97. The fraction of sp³-hybridized carbons (Fsp3) is 0.611. The molecule has 23 heavy (non-hydrogen) atoms. The van der Waals surface area contributed by atoms with E-state index in [2.05, 4.69) is 22.8 Å². The van der Waals surface area contributed by atoms with Crippen LogP contribution in [0.3, 0.4) is 0 Å². The highest BCUT2D eigenvalue weighted by Crippen LogP contribution is 2.26. The van der Waals surface area contributed by atoms with Gasteiger partial charge in [0.15, 0.2) is 0 Å². The van der Waals surface area contributed by atoms with Crippen LogP contribution in [-0.2, 0) is 15.3 Å². The predicted molar refractivity (Wildman–Crippen MR) is 95.7 cm³/mol. The second-order valence-electron chi connectivity index (χ2n) is 6.52. The maximum atomic E-state index is 12.3. The summed E-state index contributed by atoms with van der Waals surface area (Å²) in [5, 5.41) is 7.00. The Bertz CT molecular complexity index is 528. The number of hydrogen-bond acceptors (Lipinski definition) is 4. The SMILES string of the molecule is CC(C(=O)Nc1cccc(CSC2CCOCC2)c1)C1CNC1. The molecule has 0 aliphatic carbocycles. The maximum Gasteiger partial charge on any atom is 0.227 e. The summed E-state index contributed by atoms with van der Waals surface area (Å²) in [6.07, 6.45) is 2.29. The van der Waals surface area contributed by atoms with E-state index in [9.17, 15) is 4.79 Å². The summed E-state index contributed by atoms with van der Waals surface area (Å²) in [5.41, 5.74) is 2.19. The Balaban J connectivity index is 1.51. The number of ether oxygens (including phenoxy) is 1. The standard InChI is InChI=1S/C18H26N2O2S/c1-13(15-10-19-11-15)18(21)20-16-4-2-3-14(9-16)12-23-17-5-7-22-8-6-17/h2-4,9,13,15,17,19H,5-8,10-12H2,1H3,(H,20,21). The molecule has 1 aromatic rings. The minimum Gasteiger partial charge on any atom is -0.381 e. The number of anilines is 1. The lowest BCUT2D eigenvalue weighted by molar-refractivity contribution is -0.121. The smallest absolute Gasteiger partial charge is 0.227 e. The van der Waals surface area contributed by atoms with E-state index in [1.807, 2.05) is 30.8 Å². The fourth-order valence-electron chi connectivity index (χ4n) is 2.93. The minimum atomic E-state index is 0.0662. The highest BCUT2D eigenvalue weighted by molar-refractivity contribution is 7.99. The quantitative estimate of drug-likeness (QED) is 0.840. The molecule has 1 unspecified atom stereocenters. The Morgan fingerprint density at radius 3 is 2.87 bits per heavy atom. The lowest BCUT2D eigenvalue weighted by Crippen LogP contribution is -2.48. The molecule has 0 aromatic heterocycles. The molecule has 2 fully saturated rings. The van der Waals surface area contributed by atoms with Crippen molar-refractivity contribution in [3.05, 3.63) is 29.8 Å². The van der Waals surface area contributed by atoms with Crippen LogP contribution in [0.15, 0.2) is 24.3 Å². The first-order chi connectivity index (χ1) is 11.2. The monoisotopic (exact) mass is 334 g/mol. The number of hydrogen-bond donors (Lipinski definition) is 2. The number of rotatable bonds is 6. The molecule has 0 saturated carbocycles. The number of thioether (sulfide) groups is 1. The maximum absolute atomic E-state index is 12.3. The van der Waals surface area contributed by atoms with Crippen LogP contribution in [0, 0.1) is 11.8 Å². The molecular weight excluding hydrogens is 308 g/mol. The van der Waals surface area contributed by atoms with Gasteiger partial charge in [0.05, 0.1) is 0 Å². The first-order valence-electron chi connectivity index (χ1n) is 8.52. The lowest BCUT2D eigenvalue weighted by Gasteiger charge is -2.31. The fourth-order valence-corrected chi connectivity index (χ4v) is 4.06. The number of carbonyl (C=O) groups excluding carboxylic acids is 1. The van der Waals surface area contributed by atoms with Gasteiger partial charge >= 0.3 is 0 Å². The van der Waals surface area contributed by atoms with E-state index in [-0.39, 0.29) is 11.8 Å². The molecule has 2 saturated heterocycles. The summed E-state index contributed by atoms with van der Waals surface area (Å²) < 4.78 is 5.40. The molecule has 0 spiro atoms. The van der Waals surface area contributed by atoms with Crippen LogP contribution in [0.2, 0.25) is 0 Å². The Morgan fingerprint density at radius 2 is 2.17 bits per heavy atom. The molecule has 4 nitrogen and oxygen atoms in total. The zero-order valence-corrected chi connectivity index (χ0v) is 14.5. The van der Waals surface area contributed by atoms with E-state index in [1.165, 1.54) is 5.56 Å². The van der Waals surface area contributed by atoms with E-state index >= 15 is 0 Å². The van der Waals surface area contributed by atoms with Crippen molar-refractivity contribution in [3.8, 4) is 0 Å². The highest BCUT2D eigenvalue weighted by atomic mass is 32.2. The van der Waals surface area contributed by atoms with Crippen LogP contribution in [0.25, 0.3) is 0 Å². The molecule has 2 heterocycles. The first-order valence-corrected chi connectivity index (χ1v) is 9.57. The molecule has 0 bridgehead atoms. The summed E-state index contributed by atoms with van der Waals surface area (Å²) in [5.74, 6) is 1.67. The van der Waals surface area contributed by atoms with Gasteiger partial charge in [-0.05, 0) is 49.5 Å². The number of nitrogens with one attached hydrogen (secondary N) is 2. The van der Waals surface area contributed by atoms with Crippen molar-refractivity contribution in [2.24, 2.45) is 11.8 Å². The molecule has 1 atom stereocenters. The molecule has 2 aliphatic heterocycles. The van der Waals surface area contributed by atoms with Crippen molar-refractivity contribution in [1.82, 2.24) is 5.32 Å². The molecule has 1 aromatic carbocycles. The lowest BCUT2D eigenvalue weighted by atomic mass is 9.88. The van der Waals surface area contributed by atoms with Gasteiger partial charge in [-0.15, -0.1) is 0 Å². The van der Waals surface area contributed by atoms with Crippen molar-refractivity contribution in [2.75, 3.05) is 31.6 Å². The van der Waals surface area contributed by atoms with Gasteiger partial charge in [0.2, 0.25) is 5.91 Å². The molecule has 126 valence electrons. The molecular formula is C18H26N2O2S. The Morgan fingerprint density at radius 1 is 1.39 bits per heavy atom. The van der Waals surface area contributed by atoms with E-state index in [1.54, 1.807) is 0 Å². The van der Waals surface area contributed by atoms with E-state index < -0.39 is 0 Å². The predicted octanol–water partition coefficient (Wildman–Crippen LogP) is 2.89. The topological polar surface area (TPSA) is 50.4 Å². The zero-order valence-electron chi connectivity index (χ0n) is 13.7. The average Bonchev–Trinajstić information content (AvgIpc) is 2.52. The van der Waals surface area contributed by atoms with Crippen LogP contribution in [0.1, 0.15) is 25.3 Å². The summed E-state index contributed by atoms with van der Waals surface area (Å²) >= 11 is 2.00. The normalized spacial score (nSPS) is 20.7. The second kappa shape index (κ2) is 8.18. The molecule has 0 radical (unpaired) electrons. The van der Waals surface area contributed by atoms with E-state index in [4.69, 9.17) is 4.74 Å². The summed E-state index contributed by atoms with van der Waals surface area (Å²) in [6, 6.07) is 8.26. The highest BCUT2D eigenvalue weighted by Gasteiger charge is 2.28. The summed E-state index contributed by atoms with van der Waals surface area (Å²) in [6.45, 7) is 5.71. The van der Waals surface area contributed by atoms with Crippen molar-refractivity contribution < 1.29 is 9.53 Å². The van der Waals surface area contributed by atoms with Gasteiger partial charge in [-0.3, -0.25) is 4.79 Å². The summed E-state index contributed by atoms with van der Waals surface area (Å²) in [4.78, 5) is 12.3. The number of carbonyl (C=O) groups is 1. The van der Waals surface area contributed by atoms with Crippen LogP contribution < -0.4 is 10.6 Å². The largest absolute Gasteiger partial charge is 0.381 e. The van der Waals surface area contributed by atoms with E-state index in [0.29, 0.717) is 11.2 Å². The molecule has 3 rings (SSSR count). The van der Waals surface area contributed by atoms with Gasteiger partial charge < -0.3 is 15.4 Å².